The molecule has 4 heterocycles. The standard InChI is InChI=1S/C33H39N5O6S2/c1-7-43-31(39)28-20(3)35-30(45-28)26-16-34-29-25(12-13-38(29)46(41,42)24-10-8-19(2)9-11-24)27(26)36-23-14-21-17-37(18-22(21)15-23)32(40)44-33(4,5)6/h8-13,16,21-23H,7,14-15,17-18H2,1-6H3,(H,34,36)/t21-,22+,23?. The molecule has 46 heavy (non-hydrogen) atoms. The fourth-order valence-corrected chi connectivity index (χ4v) is 8.67. The molecule has 0 radical (unpaired) electrons. The summed E-state index contributed by atoms with van der Waals surface area (Å²) in [6.45, 7) is 12.6. The van der Waals surface area contributed by atoms with Gasteiger partial charge in [0.15, 0.2) is 5.65 Å². The maximum absolute atomic E-state index is 13.7. The van der Waals surface area contributed by atoms with Gasteiger partial charge >= 0.3 is 12.1 Å². The molecule has 3 atom stereocenters. The molecule has 2 fully saturated rings. The second-order valence-electron chi connectivity index (χ2n) is 13.1. The molecule has 1 N–H and O–H groups in total. The van der Waals surface area contributed by atoms with Crippen molar-refractivity contribution in [3.63, 3.8) is 0 Å². The first-order chi connectivity index (χ1) is 21.7. The lowest BCUT2D eigenvalue weighted by Crippen LogP contribution is -2.36. The van der Waals surface area contributed by atoms with E-state index in [4.69, 9.17) is 14.5 Å². The second-order valence-corrected chi connectivity index (χ2v) is 15.9. The Kier molecular flexibility index (Phi) is 8.34. The van der Waals surface area contributed by atoms with E-state index in [1.807, 2.05) is 27.7 Å². The Hall–Kier alpha value is -3.97. The Balaban J connectivity index is 1.35. The summed E-state index contributed by atoms with van der Waals surface area (Å²) in [5.74, 6) is 0.200. The zero-order chi connectivity index (χ0) is 33.0. The van der Waals surface area contributed by atoms with Gasteiger partial charge in [0.25, 0.3) is 10.0 Å². The van der Waals surface area contributed by atoms with Crippen molar-refractivity contribution in [2.75, 3.05) is 25.0 Å². The lowest BCUT2D eigenvalue weighted by molar-refractivity contribution is 0.0279. The number of aromatic nitrogens is 3. The van der Waals surface area contributed by atoms with Gasteiger partial charge in [-0.15, -0.1) is 11.3 Å². The van der Waals surface area contributed by atoms with Crippen LogP contribution in [0.5, 0.6) is 0 Å². The number of esters is 1. The zero-order valence-electron chi connectivity index (χ0n) is 26.9. The van der Waals surface area contributed by atoms with Gasteiger partial charge in [-0.25, -0.2) is 31.9 Å². The fraction of sp³-hybridized carbons (Fsp3) is 0.455. The van der Waals surface area contributed by atoms with Crippen molar-refractivity contribution in [2.45, 2.75) is 70.9 Å². The number of hydrogen-bond donors (Lipinski definition) is 1. The third-order valence-electron chi connectivity index (χ3n) is 8.50. The molecule has 1 amide bonds. The molecule has 1 aliphatic heterocycles. The van der Waals surface area contributed by atoms with Gasteiger partial charge < -0.3 is 19.7 Å². The Bertz CT molecular complexity index is 1890. The Labute approximate surface area is 273 Å². The van der Waals surface area contributed by atoms with E-state index in [0.717, 1.165) is 18.4 Å². The van der Waals surface area contributed by atoms with Crippen molar-refractivity contribution in [3.8, 4) is 10.6 Å². The minimum absolute atomic E-state index is 0.0720. The highest BCUT2D eigenvalue weighted by molar-refractivity contribution is 7.90. The predicted molar refractivity (Wildman–Crippen MR) is 177 cm³/mol. The summed E-state index contributed by atoms with van der Waals surface area (Å²) in [6.07, 6.45) is 4.54. The molecule has 4 aromatic rings. The number of carbonyl (C=O) groups excluding carboxylic acids is 2. The average molecular weight is 666 g/mol. The summed E-state index contributed by atoms with van der Waals surface area (Å²) in [7, 11) is -3.92. The number of nitrogens with zero attached hydrogens (tertiary/aromatic N) is 4. The number of hydrogen-bond acceptors (Lipinski definition) is 10. The molecule has 1 saturated heterocycles. The summed E-state index contributed by atoms with van der Waals surface area (Å²) in [4.78, 5) is 37.1. The molecule has 1 aliphatic carbocycles. The largest absolute Gasteiger partial charge is 0.462 e. The van der Waals surface area contributed by atoms with E-state index in [2.05, 4.69) is 10.3 Å². The van der Waals surface area contributed by atoms with E-state index in [-0.39, 0.29) is 23.6 Å². The van der Waals surface area contributed by atoms with E-state index < -0.39 is 21.6 Å². The third-order valence-corrected chi connectivity index (χ3v) is 11.3. The highest BCUT2D eigenvalue weighted by Crippen LogP contribution is 2.43. The number of aryl methyl sites for hydroxylation is 2. The lowest BCUT2D eigenvalue weighted by Gasteiger charge is -2.25. The molecular weight excluding hydrogens is 627 g/mol. The highest BCUT2D eigenvalue weighted by atomic mass is 32.2. The van der Waals surface area contributed by atoms with Crippen molar-refractivity contribution in [1.29, 1.82) is 0 Å². The Morgan fingerprint density at radius 1 is 1.07 bits per heavy atom. The van der Waals surface area contributed by atoms with Crippen LogP contribution in [-0.2, 0) is 19.5 Å². The molecule has 3 aromatic heterocycles. The van der Waals surface area contributed by atoms with Gasteiger partial charge in [-0.3, -0.25) is 0 Å². The number of likely N-dealkylation sites (tertiary alicyclic amines) is 1. The molecule has 13 heteroatoms. The number of nitrogens with one attached hydrogen (secondary N) is 1. The lowest BCUT2D eigenvalue weighted by atomic mass is 10.0. The van der Waals surface area contributed by atoms with E-state index >= 15 is 0 Å². The van der Waals surface area contributed by atoms with Crippen LogP contribution < -0.4 is 5.32 Å². The molecule has 2 aliphatic rings. The Morgan fingerprint density at radius 3 is 2.37 bits per heavy atom. The number of rotatable bonds is 7. The van der Waals surface area contributed by atoms with Crippen LogP contribution in [0.2, 0.25) is 0 Å². The predicted octanol–water partition coefficient (Wildman–Crippen LogP) is 6.25. The first-order valence-electron chi connectivity index (χ1n) is 15.5. The summed E-state index contributed by atoms with van der Waals surface area (Å²) in [5.41, 5.74) is 2.64. The monoisotopic (exact) mass is 665 g/mol. The van der Waals surface area contributed by atoms with Gasteiger partial charge in [0.1, 0.15) is 15.5 Å². The topological polar surface area (TPSA) is 133 Å². The second kappa shape index (κ2) is 12.0. The number of benzene rings is 1. The van der Waals surface area contributed by atoms with Crippen LogP contribution in [0, 0.1) is 25.7 Å². The minimum Gasteiger partial charge on any atom is -0.462 e. The van der Waals surface area contributed by atoms with Crippen LogP contribution in [0.4, 0.5) is 10.5 Å². The molecule has 1 unspecified atom stereocenters. The van der Waals surface area contributed by atoms with Gasteiger partial charge in [-0.1, -0.05) is 17.7 Å². The third kappa shape index (κ3) is 6.09. The molecular formula is C33H39N5O6S2. The van der Waals surface area contributed by atoms with Crippen molar-refractivity contribution in [1.82, 2.24) is 18.8 Å². The number of ether oxygens (including phenoxy) is 2. The van der Waals surface area contributed by atoms with Gasteiger partial charge in [0.05, 0.1) is 28.4 Å². The van der Waals surface area contributed by atoms with Crippen LogP contribution in [-0.4, -0.2) is 70.7 Å². The molecule has 1 aromatic carbocycles. The van der Waals surface area contributed by atoms with E-state index in [1.165, 1.54) is 21.5 Å². The van der Waals surface area contributed by atoms with E-state index in [0.29, 0.717) is 62.8 Å². The fourth-order valence-electron chi connectivity index (χ4n) is 6.39. The SMILES string of the molecule is CCOC(=O)c1sc(-c2cnc3c(ccn3S(=O)(=O)c3ccc(C)cc3)c2NC2C[C@@H]3CN(C(=O)OC(C)(C)C)C[C@@H]3C2)nc1C. The highest BCUT2D eigenvalue weighted by Gasteiger charge is 2.43. The average Bonchev–Trinajstić information content (AvgIpc) is 3.75. The number of pyridine rings is 1. The van der Waals surface area contributed by atoms with Crippen molar-refractivity contribution in [2.24, 2.45) is 11.8 Å². The number of fused-ring (bicyclic) bond motifs is 2. The van der Waals surface area contributed by atoms with Crippen LogP contribution in [0.15, 0.2) is 47.6 Å². The number of carbonyl (C=O) groups is 2. The smallest absolute Gasteiger partial charge is 0.410 e. The van der Waals surface area contributed by atoms with Crippen molar-refractivity contribution >= 4 is 50.1 Å². The van der Waals surface area contributed by atoms with Gasteiger partial charge in [0.2, 0.25) is 0 Å². The van der Waals surface area contributed by atoms with Crippen LogP contribution in [0.1, 0.15) is 61.5 Å². The van der Waals surface area contributed by atoms with Crippen LogP contribution in [0.25, 0.3) is 21.6 Å². The van der Waals surface area contributed by atoms with Crippen molar-refractivity contribution < 1.29 is 27.5 Å². The maximum Gasteiger partial charge on any atom is 0.410 e. The maximum atomic E-state index is 13.7. The first-order valence-corrected chi connectivity index (χ1v) is 17.7. The normalized spacial score (nSPS) is 19.8. The van der Waals surface area contributed by atoms with Gasteiger partial charge in [-0.2, -0.15) is 0 Å². The molecule has 11 nitrogen and oxygen atoms in total. The van der Waals surface area contributed by atoms with E-state index in [1.54, 1.807) is 55.3 Å². The van der Waals surface area contributed by atoms with Gasteiger partial charge in [0, 0.05) is 36.9 Å². The van der Waals surface area contributed by atoms with Gasteiger partial charge in [-0.05, 0) is 84.4 Å². The summed E-state index contributed by atoms with van der Waals surface area (Å²) in [5, 5.41) is 4.94. The molecule has 6 rings (SSSR count). The zero-order valence-corrected chi connectivity index (χ0v) is 28.5. The van der Waals surface area contributed by atoms with E-state index in [9.17, 15) is 18.0 Å². The number of anilines is 1. The van der Waals surface area contributed by atoms with Crippen LogP contribution in [0.3, 0.4) is 0 Å². The molecule has 0 bridgehead atoms. The van der Waals surface area contributed by atoms with Crippen molar-refractivity contribution in [3.05, 3.63) is 58.9 Å². The van der Waals surface area contributed by atoms with Crippen LogP contribution >= 0.6 is 11.3 Å². The summed E-state index contributed by atoms with van der Waals surface area (Å²) >= 11 is 1.23. The molecule has 0 spiro atoms. The number of thiazole rings is 1. The minimum atomic E-state index is -3.92. The summed E-state index contributed by atoms with van der Waals surface area (Å²) < 4.78 is 39.5. The Morgan fingerprint density at radius 2 is 1.74 bits per heavy atom. The first kappa shape index (κ1) is 32.0. The molecule has 244 valence electrons. The summed E-state index contributed by atoms with van der Waals surface area (Å²) in [6, 6.07) is 8.55. The number of amides is 1. The molecule has 1 saturated carbocycles. The quantitative estimate of drug-likeness (QED) is 0.228.